The van der Waals surface area contributed by atoms with Crippen molar-refractivity contribution in [1.29, 1.82) is 0 Å². The standard InChI is InChI=1S/C13H12O4/c1-2-15-17-13(14)16-12-9-5-7-10-6-3-4-8-11(10)12/h3-9H,2H2,1H3. The molecule has 2 rings (SSSR count). The fourth-order valence-electron chi connectivity index (χ4n) is 1.50. The zero-order valence-electron chi connectivity index (χ0n) is 9.38. The van der Waals surface area contributed by atoms with E-state index in [1.54, 1.807) is 13.0 Å². The van der Waals surface area contributed by atoms with Gasteiger partial charge in [0.05, 0.1) is 6.61 Å². The van der Waals surface area contributed by atoms with E-state index in [2.05, 4.69) is 9.78 Å². The Morgan fingerprint density at radius 2 is 1.88 bits per heavy atom. The lowest BCUT2D eigenvalue weighted by molar-refractivity contribution is -0.244. The average Bonchev–Trinajstić information content (AvgIpc) is 2.37. The summed E-state index contributed by atoms with van der Waals surface area (Å²) in [6.07, 6.45) is -0.872. The Kier molecular flexibility index (Phi) is 3.57. The first-order chi connectivity index (χ1) is 8.31. The molecule has 0 fully saturated rings. The van der Waals surface area contributed by atoms with Gasteiger partial charge >= 0.3 is 6.16 Å². The fraction of sp³-hybridized carbons (Fsp3) is 0.154. The topological polar surface area (TPSA) is 44.8 Å². The molecule has 0 aliphatic carbocycles. The van der Waals surface area contributed by atoms with Crippen molar-refractivity contribution in [2.75, 3.05) is 6.61 Å². The van der Waals surface area contributed by atoms with E-state index in [-0.39, 0.29) is 6.61 Å². The van der Waals surface area contributed by atoms with Gasteiger partial charge in [-0.1, -0.05) is 36.4 Å². The van der Waals surface area contributed by atoms with Crippen LogP contribution in [0.1, 0.15) is 6.92 Å². The summed E-state index contributed by atoms with van der Waals surface area (Å²) in [6, 6.07) is 13.1. The van der Waals surface area contributed by atoms with E-state index in [0.717, 1.165) is 10.8 Å². The monoisotopic (exact) mass is 232 g/mol. The van der Waals surface area contributed by atoms with Crippen molar-refractivity contribution in [3.8, 4) is 5.75 Å². The van der Waals surface area contributed by atoms with E-state index < -0.39 is 6.16 Å². The number of fused-ring (bicyclic) bond motifs is 1. The predicted molar refractivity (Wildman–Crippen MR) is 62.7 cm³/mol. The summed E-state index contributed by atoms with van der Waals surface area (Å²) in [5, 5.41) is 1.85. The van der Waals surface area contributed by atoms with E-state index in [1.165, 1.54) is 0 Å². The highest BCUT2D eigenvalue weighted by molar-refractivity contribution is 5.89. The van der Waals surface area contributed by atoms with Crippen LogP contribution < -0.4 is 4.74 Å². The molecule has 0 aromatic heterocycles. The molecule has 88 valence electrons. The highest BCUT2D eigenvalue weighted by Gasteiger charge is 2.09. The van der Waals surface area contributed by atoms with Gasteiger partial charge in [0.1, 0.15) is 5.75 Å². The summed E-state index contributed by atoms with van der Waals surface area (Å²) in [5.41, 5.74) is 0. The normalized spacial score (nSPS) is 10.2. The molecule has 2 aromatic carbocycles. The molecule has 0 atom stereocenters. The lowest BCUT2D eigenvalue weighted by Gasteiger charge is -2.06. The minimum Gasteiger partial charge on any atom is -0.392 e. The Bertz CT molecular complexity index is 516. The van der Waals surface area contributed by atoms with Gasteiger partial charge in [-0.05, 0) is 18.4 Å². The second kappa shape index (κ2) is 5.32. The van der Waals surface area contributed by atoms with Crippen LogP contribution in [-0.2, 0) is 9.78 Å². The highest BCUT2D eigenvalue weighted by Crippen LogP contribution is 2.25. The van der Waals surface area contributed by atoms with Gasteiger partial charge in [0, 0.05) is 5.39 Å². The van der Waals surface area contributed by atoms with Gasteiger partial charge in [0.2, 0.25) is 0 Å². The first-order valence-electron chi connectivity index (χ1n) is 5.30. The zero-order chi connectivity index (χ0) is 12.1. The van der Waals surface area contributed by atoms with Gasteiger partial charge < -0.3 is 4.74 Å². The molecule has 0 amide bonds. The summed E-state index contributed by atoms with van der Waals surface area (Å²) >= 11 is 0. The van der Waals surface area contributed by atoms with Crippen molar-refractivity contribution < 1.29 is 19.3 Å². The molecular weight excluding hydrogens is 220 g/mol. The number of rotatable bonds is 3. The van der Waals surface area contributed by atoms with E-state index >= 15 is 0 Å². The van der Waals surface area contributed by atoms with Gasteiger partial charge in [-0.15, -0.1) is 0 Å². The van der Waals surface area contributed by atoms with Crippen molar-refractivity contribution in [3.05, 3.63) is 42.5 Å². The van der Waals surface area contributed by atoms with E-state index in [4.69, 9.17) is 4.74 Å². The number of hydrogen-bond acceptors (Lipinski definition) is 4. The van der Waals surface area contributed by atoms with Crippen molar-refractivity contribution in [2.24, 2.45) is 0 Å². The second-order valence-electron chi connectivity index (χ2n) is 3.32. The van der Waals surface area contributed by atoms with Crippen LogP contribution >= 0.6 is 0 Å². The third-order valence-electron chi connectivity index (χ3n) is 2.19. The van der Waals surface area contributed by atoms with Crippen LogP contribution in [0, 0.1) is 0 Å². The maximum atomic E-state index is 11.2. The molecule has 2 aromatic rings. The molecule has 4 heteroatoms. The minimum atomic E-state index is -0.872. The van der Waals surface area contributed by atoms with Crippen LogP contribution in [0.5, 0.6) is 5.75 Å². The molecule has 0 heterocycles. The Morgan fingerprint density at radius 1 is 1.12 bits per heavy atom. The summed E-state index contributed by atoms with van der Waals surface area (Å²) in [6.45, 7) is 2.00. The number of hydrogen-bond donors (Lipinski definition) is 0. The van der Waals surface area contributed by atoms with Crippen LogP contribution in [0.2, 0.25) is 0 Å². The fourth-order valence-corrected chi connectivity index (χ4v) is 1.50. The first kappa shape index (κ1) is 11.4. The molecule has 0 spiro atoms. The van der Waals surface area contributed by atoms with Crippen molar-refractivity contribution in [3.63, 3.8) is 0 Å². The van der Waals surface area contributed by atoms with Crippen molar-refractivity contribution in [1.82, 2.24) is 0 Å². The van der Waals surface area contributed by atoms with Crippen LogP contribution in [0.3, 0.4) is 0 Å². The second-order valence-corrected chi connectivity index (χ2v) is 3.32. The Morgan fingerprint density at radius 3 is 2.71 bits per heavy atom. The largest absolute Gasteiger partial charge is 0.546 e. The maximum absolute atomic E-state index is 11.2. The van der Waals surface area contributed by atoms with Gasteiger partial charge in [0.15, 0.2) is 0 Å². The molecule has 0 radical (unpaired) electrons. The molecule has 17 heavy (non-hydrogen) atoms. The van der Waals surface area contributed by atoms with Crippen molar-refractivity contribution in [2.45, 2.75) is 6.92 Å². The van der Waals surface area contributed by atoms with Crippen LogP contribution in [0.4, 0.5) is 4.79 Å². The molecular formula is C13H12O4. The minimum absolute atomic E-state index is 0.282. The predicted octanol–water partition coefficient (Wildman–Crippen LogP) is 3.31. The Hall–Kier alpha value is -2.07. The molecule has 0 saturated carbocycles. The van der Waals surface area contributed by atoms with E-state index in [0.29, 0.717) is 5.75 Å². The molecule has 0 N–H and O–H groups in total. The average molecular weight is 232 g/mol. The number of benzene rings is 2. The van der Waals surface area contributed by atoms with Crippen LogP contribution in [0.15, 0.2) is 42.5 Å². The number of carbonyl (C=O) groups excluding carboxylic acids is 1. The van der Waals surface area contributed by atoms with Crippen molar-refractivity contribution >= 4 is 16.9 Å². The van der Waals surface area contributed by atoms with Gasteiger partial charge in [-0.3, -0.25) is 4.89 Å². The van der Waals surface area contributed by atoms with E-state index in [9.17, 15) is 4.79 Å². The highest BCUT2D eigenvalue weighted by atomic mass is 17.2. The molecule has 0 unspecified atom stereocenters. The summed E-state index contributed by atoms with van der Waals surface area (Å²) in [5.74, 6) is 0.452. The maximum Gasteiger partial charge on any atom is 0.546 e. The van der Waals surface area contributed by atoms with Gasteiger partial charge in [0.25, 0.3) is 0 Å². The SMILES string of the molecule is CCOOC(=O)Oc1cccc2ccccc12. The summed E-state index contributed by atoms with van der Waals surface area (Å²) in [7, 11) is 0. The lowest BCUT2D eigenvalue weighted by atomic mass is 10.1. The number of carbonyl (C=O) groups is 1. The number of ether oxygens (including phenoxy) is 1. The van der Waals surface area contributed by atoms with Gasteiger partial charge in [-0.2, -0.15) is 4.89 Å². The molecule has 0 aliphatic rings. The zero-order valence-corrected chi connectivity index (χ0v) is 9.38. The Labute approximate surface area is 98.6 Å². The Balaban J connectivity index is 2.21. The third kappa shape index (κ3) is 2.73. The molecule has 0 aliphatic heterocycles. The van der Waals surface area contributed by atoms with Crippen LogP contribution in [0.25, 0.3) is 10.8 Å². The summed E-state index contributed by atoms with van der Waals surface area (Å²) < 4.78 is 5.04. The lowest BCUT2D eigenvalue weighted by Crippen LogP contribution is -2.11. The van der Waals surface area contributed by atoms with E-state index in [1.807, 2.05) is 36.4 Å². The molecule has 0 saturated heterocycles. The molecule has 4 nitrogen and oxygen atoms in total. The quantitative estimate of drug-likeness (QED) is 0.352. The van der Waals surface area contributed by atoms with Gasteiger partial charge in [-0.25, -0.2) is 4.79 Å². The summed E-state index contributed by atoms with van der Waals surface area (Å²) in [4.78, 5) is 20.1. The van der Waals surface area contributed by atoms with Crippen LogP contribution in [-0.4, -0.2) is 12.8 Å². The smallest absolute Gasteiger partial charge is 0.392 e. The molecule has 0 bridgehead atoms. The third-order valence-corrected chi connectivity index (χ3v) is 2.19. The first-order valence-corrected chi connectivity index (χ1v) is 5.30.